The number of rotatable bonds is 6. The summed E-state index contributed by atoms with van der Waals surface area (Å²) in [6, 6.07) is 13.1. The SMILES string of the molecule is CCCOc1ccc(/C=C(\C#N)C(=O)Nc2ccc(Br)cc2F)cc1. The number of halogens is 2. The number of carbonyl (C=O) groups excluding carboxylic acids is 1. The maximum Gasteiger partial charge on any atom is 0.266 e. The average molecular weight is 403 g/mol. The molecule has 0 atom stereocenters. The Morgan fingerprint density at radius 1 is 1.32 bits per heavy atom. The second kappa shape index (κ2) is 9.00. The fourth-order valence-corrected chi connectivity index (χ4v) is 2.31. The monoisotopic (exact) mass is 402 g/mol. The average Bonchev–Trinajstić information content (AvgIpc) is 2.61. The summed E-state index contributed by atoms with van der Waals surface area (Å²) in [5.41, 5.74) is 0.564. The third-order valence-electron chi connectivity index (χ3n) is 3.21. The molecule has 0 aliphatic carbocycles. The minimum absolute atomic E-state index is 0.0117. The van der Waals surface area contributed by atoms with Gasteiger partial charge < -0.3 is 10.1 Å². The van der Waals surface area contributed by atoms with Gasteiger partial charge in [-0.1, -0.05) is 35.0 Å². The van der Waals surface area contributed by atoms with E-state index in [9.17, 15) is 14.4 Å². The van der Waals surface area contributed by atoms with Crippen LogP contribution in [0, 0.1) is 17.1 Å². The Morgan fingerprint density at radius 2 is 2.04 bits per heavy atom. The zero-order chi connectivity index (χ0) is 18.2. The van der Waals surface area contributed by atoms with Crippen molar-refractivity contribution in [2.24, 2.45) is 0 Å². The van der Waals surface area contributed by atoms with Gasteiger partial charge in [0.1, 0.15) is 23.2 Å². The predicted molar refractivity (Wildman–Crippen MR) is 98.5 cm³/mol. The fourth-order valence-electron chi connectivity index (χ4n) is 1.98. The van der Waals surface area contributed by atoms with Crippen molar-refractivity contribution >= 4 is 33.6 Å². The van der Waals surface area contributed by atoms with Gasteiger partial charge in [0, 0.05) is 4.47 Å². The van der Waals surface area contributed by atoms with Gasteiger partial charge in [0.15, 0.2) is 0 Å². The highest BCUT2D eigenvalue weighted by Gasteiger charge is 2.12. The molecule has 0 fully saturated rings. The smallest absolute Gasteiger partial charge is 0.266 e. The number of nitrogens with one attached hydrogen (secondary N) is 1. The van der Waals surface area contributed by atoms with Crippen molar-refractivity contribution in [3.05, 3.63) is 63.9 Å². The largest absolute Gasteiger partial charge is 0.494 e. The van der Waals surface area contributed by atoms with E-state index in [0.29, 0.717) is 16.6 Å². The van der Waals surface area contributed by atoms with E-state index in [4.69, 9.17) is 4.74 Å². The van der Waals surface area contributed by atoms with E-state index in [0.717, 1.165) is 12.2 Å². The molecule has 0 spiro atoms. The van der Waals surface area contributed by atoms with E-state index in [1.807, 2.05) is 13.0 Å². The summed E-state index contributed by atoms with van der Waals surface area (Å²) in [4.78, 5) is 12.2. The topological polar surface area (TPSA) is 62.1 Å². The summed E-state index contributed by atoms with van der Waals surface area (Å²) in [6.07, 6.45) is 2.35. The third kappa shape index (κ3) is 5.44. The van der Waals surface area contributed by atoms with Crippen LogP contribution in [0.5, 0.6) is 5.75 Å². The number of anilines is 1. The molecular formula is C19H16BrFN2O2. The molecule has 2 aromatic rings. The van der Waals surface area contributed by atoms with Gasteiger partial charge in [-0.2, -0.15) is 5.26 Å². The van der Waals surface area contributed by atoms with Crippen LogP contribution in [0.3, 0.4) is 0 Å². The number of nitrogens with zero attached hydrogens (tertiary/aromatic N) is 1. The highest BCUT2D eigenvalue weighted by molar-refractivity contribution is 9.10. The fraction of sp³-hybridized carbons (Fsp3) is 0.158. The van der Waals surface area contributed by atoms with E-state index in [1.165, 1.54) is 18.2 Å². The zero-order valence-electron chi connectivity index (χ0n) is 13.6. The van der Waals surface area contributed by atoms with Gasteiger partial charge in [0.2, 0.25) is 0 Å². The highest BCUT2D eigenvalue weighted by atomic mass is 79.9. The maximum atomic E-state index is 13.8. The lowest BCUT2D eigenvalue weighted by molar-refractivity contribution is -0.112. The Balaban J connectivity index is 2.13. The van der Waals surface area contributed by atoms with Crippen LogP contribution in [0.4, 0.5) is 10.1 Å². The number of hydrogen-bond acceptors (Lipinski definition) is 3. The van der Waals surface area contributed by atoms with Crippen LogP contribution in [0.15, 0.2) is 52.5 Å². The molecular weight excluding hydrogens is 387 g/mol. The molecule has 0 aliphatic heterocycles. The summed E-state index contributed by atoms with van der Waals surface area (Å²) < 4.78 is 19.8. The van der Waals surface area contributed by atoms with Gasteiger partial charge in [-0.25, -0.2) is 4.39 Å². The lowest BCUT2D eigenvalue weighted by atomic mass is 10.1. The van der Waals surface area contributed by atoms with Crippen LogP contribution in [-0.2, 0) is 4.79 Å². The number of nitriles is 1. The van der Waals surface area contributed by atoms with Crippen LogP contribution in [-0.4, -0.2) is 12.5 Å². The molecule has 0 aromatic heterocycles. The lowest BCUT2D eigenvalue weighted by Gasteiger charge is -2.06. The van der Waals surface area contributed by atoms with E-state index in [1.54, 1.807) is 30.3 Å². The first-order valence-electron chi connectivity index (χ1n) is 7.64. The molecule has 0 heterocycles. The van der Waals surface area contributed by atoms with Crippen molar-refractivity contribution in [1.29, 1.82) is 5.26 Å². The van der Waals surface area contributed by atoms with Crippen LogP contribution < -0.4 is 10.1 Å². The number of ether oxygens (including phenoxy) is 1. The summed E-state index contributed by atoms with van der Waals surface area (Å²) in [5, 5.41) is 11.6. The van der Waals surface area contributed by atoms with Crippen molar-refractivity contribution < 1.29 is 13.9 Å². The molecule has 128 valence electrons. The highest BCUT2D eigenvalue weighted by Crippen LogP contribution is 2.20. The summed E-state index contributed by atoms with van der Waals surface area (Å²) in [5.74, 6) is -0.536. The minimum Gasteiger partial charge on any atom is -0.494 e. The van der Waals surface area contributed by atoms with Crippen LogP contribution in [0.1, 0.15) is 18.9 Å². The molecule has 0 saturated carbocycles. The minimum atomic E-state index is -0.671. The summed E-state index contributed by atoms with van der Waals surface area (Å²) >= 11 is 3.14. The van der Waals surface area contributed by atoms with E-state index in [-0.39, 0.29) is 11.3 Å². The van der Waals surface area contributed by atoms with Gasteiger partial charge in [-0.05, 0) is 48.4 Å². The van der Waals surface area contributed by atoms with Crippen LogP contribution >= 0.6 is 15.9 Å². The first-order chi connectivity index (χ1) is 12.0. The van der Waals surface area contributed by atoms with Crippen molar-refractivity contribution in [3.63, 3.8) is 0 Å². The van der Waals surface area contributed by atoms with Gasteiger partial charge in [0.25, 0.3) is 5.91 Å². The molecule has 0 aliphatic rings. The van der Waals surface area contributed by atoms with Gasteiger partial charge in [-0.15, -0.1) is 0 Å². The van der Waals surface area contributed by atoms with Crippen molar-refractivity contribution in [2.45, 2.75) is 13.3 Å². The molecule has 6 heteroatoms. The van der Waals surface area contributed by atoms with E-state index in [2.05, 4.69) is 21.2 Å². The molecule has 2 rings (SSSR count). The van der Waals surface area contributed by atoms with Crippen LogP contribution in [0.25, 0.3) is 6.08 Å². The third-order valence-corrected chi connectivity index (χ3v) is 3.70. The molecule has 2 aromatic carbocycles. The predicted octanol–water partition coefficient (Wildman–Crippen LogP) is 4.92. The Labute approximate surface area is 154 Å². The van der Waals surface area contributed by atoms with E-state index >= 15 is 0 Å². The molecule has 4 nitrogen and oxygen atoms in total. The number of amides is 1. The summed E-state index contributed by atoms with van der Waals surface area (Å²) in [7, 11) is 0. The zero-order valence-corrected chi connectivity index (χ0v) is 15.1. The quantitative estimate of drug-likeness (QED) is 0.550. The molecule has 0 unspecified atom stereocenters. The van der Waals surface area contributed by atoms with E-state index < -0.39 is 11.7 Å². The number of benzene rings is 2. The van der Waals surface area contributed by atoms with Crippen molar-refractivity contribution in [3.8, 4) is 11.8 Å². The Kier molecular flexibility index (Phi) is 6.72. The molecule has 0 radical (unpaired) electrons. The number of carbonyl (C=O) groups is 1. The second-order valence-corrected chi connectivity index (χ2v) is 6.08. The first-order valence-corrected chi connectivity index (χ1v) is 8.44. The van der Waals surface area contributed by atoms with Crippen molar-refractivity contribution in [1.82, 2.24) is 0 Å². The Hall–Kier alpha value is -2.65. The second-order valence-electron chi connectivity index (χ2n) is 5.17. The molecule has 0 bridgehead atoms. The van der Waals surface area contributed by atoms with Gasteiger partial charge in [-0.3, -0.25) is 4.79 Å². The van der Waals surface area contributed by atoms with Crippen molar-refractivity contribution in [2.75, 3.05) is 11.9 Å². The summed E-state index contributed by atoms with van der Waals surface area (Å²) in [6.45, 7) is 2.64. The standard InChI is InChI=1S/C19H16BrFN2O2/c1-2-9-25-16-6-3-13(4-7-16)10-14(12-22)19(24)23-18-8-5-15(20)11-17(18)21/h3-8,10-11H,2,9H2,1H3,(H,23,24)/b14-10+. The Bertz CT molecular complexity index is 826. The Morgan fingerprint density at radius 3 is 2.64 bits per heavy atom. The normalized spacial score (nSPS) is 10.9. The first kappa shape index (κ1) is 18.7. The lowest BCUT2D eigenvalue weighted by Crippen LogP contribution is -2.14. The maximum absolute atomic E-state index is 13.8. The molecule has 1 amide bonds. The molecule has 0 saturated heterocycles. The van der Waals surface area contributed by atoms with Crippen LogP contribution in [0.2, 0.25) is 0 Å². The number of hydrogen-bond donors (Lipinski definition) is 1. The molecule has 1 N–H and O–H groups in total. The molecule has 25 heavy (non-hydrogen) atoms. The van der Waals surface area contributed by atoms with Gasteiger partial charge >= 0.3 is 0 Å². The van der Waals surface area contributed by atoms with Gasteiger partial charge in [0.05, 0.1) is 12.3 Å².